The molecule has 0 heterocycles. The van der Waals surface area contributed by atoms with Crippen molar-refractivity contribution in [3.05, 3.63) is 0 Å². The highest BCUT2D eigenvalue weighted by molar-refractivity contribution is 7.90. The van der Waals surface area contributed by atoms with Crippen molar-refractivity contribution in [1.29, 1.82) is 0 Å². The standard InChI is InChI=1S/C9H18N2O4S2/c1-4-9(3,8(10)16)11-17(13,14)6-7(12)15-5-2/h11H,4-6H2,1-3H3,(H2,10,16). The van der Waals surface area contributed by atoms with E-state index in [1.807, 2.05) is 0 Å². The van der Waals surface area contributed by atoms with E-state index >= 15 is 0 Å². The number of carbonyl (C=O) groups excluding carboxylic acids is 1. The van der Waals surface area contributed by atoms with E-state index in [-0.39, 0.29) is 11.6 Å². The second-order valence-electron chi connectivity index (χ2n) is 3.72. The molecule has 0 bridgehead atoms. The Morgan fingerprint density at radius 2 is 2.00 bits per heavy atom. The zero-order chi connectivity index (χ0) is 13.7. The van der Waals surface area contributed by atoms with Gasteiger partial charge in [-0.2, -0.15) is 0 Å². The predicted octanol–water partition coefficient (Wildman–Crippen LogP) is -0.0763. The second kappa shape index (κ2) is 6.27. The Morgan fingerprint density at radius 1 is 1.47 bits per heavy atom. The van der Waals surface area contributed by atoms with Gasteiger partial charge in [-0.3, -0.25) is 4.79 Å². The van der Waals surface area contributed by atoms with Crippen LogP contribution >= 0.6 is 12.2 Å². The molecule has 0 rings (SSSR count). The van der Waals surface area contributed by atoms with Crippen molar-refractivity contribution in [3.8, 4) is 0 Å². The van der Waals surface area contributed by atoms with Gasteiger partial charge < -0.3 is 10.5 Å². The van der Waals surface area contributed by atoms with Crippen LogP contribution in [-0.4, -0.2) is 37.3 Å². The third-order valence-corrected chi connectivity index (χ3v) is 4.07. The van der Waals surface area contributed by atoms with Crippen LogP contribution in [0.15, 0.2) is 0 Å². The van der Waals surface area contributed by atoms with E-state index in [1.54, 1.807) is 20.8 Å². The van der Waals surface area contributed by atoms with Gasteiger partial charge in [-0.1, -0.05) is 19.1 Å². The van der Waals surface area contributed by atoms with Crippen molar-refractivity contribution in [3.63, 3.8) is 0 Å². The largest absolute Gasteiger partial charge is 0.465 e. The summed E-state index contributed by atoms with van der Waals surface area (Å²) in [5.74, 6) is -1.54. The van der Waals surface area contributed by atoms with Gasteiger partial charge in [0.2, 0.25) is 10.0 Å². The highest BCUT2D eigenvalue weighted by Gasteiger charge is 2.32. The topological polar surface area (TPSA) is 98.5 Å². The summed E-state index contributed by atoms with van der Waals surface area (Å²) < 4.78 is 30.2. The van der Waals surface area contributed by atoms with Crippen LogP contribution in [0.2, 0.25) is 0 Å². The highest BCUT2D eigenvalue weighted by Crippen LogP contribution is 2.11. The maximum absolute atomic E-state index is 11.7. The number of thiocarbonyl (C=S) groups is 1. The number of nitrogens with one attached hydrogen (secondary N) is 1. The normalized spacial score (nSPS) is 15.0. The molecule has 3 N–H and O–H groups in total. The monoisotopic (exact) mass is 282 g/mol. The number of ether oxygens (including phenoxy) is 1. The van der Waals surface area contributed by atoms with E-state index in [0.717, 1.165) is 0 Å². The first-order valence-corrected chi connectivity index (χ1v) is 7.20. The molecule has 0 fully saturated rings. The zero-order valence-electron chi connectivity index (χ0n) is 10.1. The molecular weight excluding hydrogens is 264 g/mol. The van der Waals surface area contributed by atoms with E-state index in [1.165, 1.54) is 0 Å². The van der Waals surface area contributed by atoms with Crippen LogP contribution in [0.3, 0.4) is 0 Å². The molecule has 0 aromatic heterocycles. The van der Waals surface area contributed by atoms with Crippen molar-refractivity contribution < 1.29 is 17.9 Å². The molecule has 0 spiro atoms. The first kappa shape index (κ1) is 16.3. The van der Waals surface area contributed by atoms with E-state index in [9.17, 15) is 13.2 Å². The van der Waals surface area contributed by atoms with E-state index < -0.39 is 27.3 Å². The molecule has 17 heavy (non-hydrogen) atoms. The van der Waals surface area contributed by atoms with E-state index in [2.05, 4.69) is 9.46 Å². The first-order valence-electron chi connectivity index (χ1n) is 5.14. The molecule has 6 nitrogen and oxygen atoms in total. The Balaban J connectivity index is 4.75. The molecule has 8 heteroatoms. The SMILES string of the molecule is CCOC(=O)CS(=O)(=O)NC(C)(CC)C(N)=S. The molecule has 0 saturated heterocycles. The fourth-order valence-corrected chi connectivity index (χ4v) is 2.70. The smallest absolute Gasteiger partial charge is 0.322 e. The third kappa shape index (κ3) is 5.42. The van der Waals surface area contributed by atoms with Crippen molar-refractivity contribution in [2.75, 3.05) is 12.4 Å². The number of esters is 1. The number of rotatable bonds is 7. The summed E-state index contributed by atoms with van der Waals surface area (Å²) in [5, 5.41) is 0. The van der Waals surface area contributed by atoms with E-state index in [0.29, 0.717) is 6.42 Å². The summed E-state index contributed by atoms with van der Waals surface area (Å²) in [6.07, 6.45) is 0.393. The van der Waals surface area contributed by atoms with Crippen LogP contribution in [0.1, 0.15) is 27.2 Å². The lowest BCUT2D eigenvalue weighted by Gasteiger charge is -2.27. The van der Waals surface area contributed by atoms with Gasteiger partial charge in [-0.25, -0.2) is 13.1 Å². The van der Waals surface area contributed by atoms with Gasteiger partial charge in [-0.05, 0) is 20.3 Å². The molecular formula is C9H18N2O4S2. The molecule has 0 aliphatic heterocycles. The summed E-state index contributed by atoms with van der Waals surface area (Å²) in [5.41, 5.74) is 4.44. The lowest BCUT2D eigenvalue weighted by Crippen LogP contribution is -2.55. The van der Waals surface area contributed by atoms with Gasteiger partial charge in [0, 0.05) is 0 Å². The Morgan fingerprint density at radius 3 is 2.35 bits per heavy atom. The van der Waals surface area contributed by atoms with Crippen molar-refractivity contribution >= 4 is 33.2 Å². The average Bonchev–Trinajstić information content (AvgIpc) is 2.15. The fourth-order valence-electron chi connectivity index (χ4n) is 1.03. The Labute approximate surface area is 107 Å². The molecule has 0 saturated carbocycles. The number of nitrogens with two attached hydrogens (primary N) is 1. The zero-order valence-corrected chi connectivity index (χ0v) is 11.8. The van der Waals surface area contributed by atoms with E-state index in [4.69, 9.17) is 18.0 Å². The molecule has 1 atom stereocenters. The van der Waals surface area contributed by atoms with Gasteiger partial charge in [0.15, 0.2) is 5.75 Å². The van der Waals surface area contributed by atoms with Gasteiger partial charge in [0.25, 0.3) is 0 Å². The van der Waals surface area contributed by atoms with Gasteiger partial charge >= 0.3 is 5.97 Å². The maximum atomic E-state index is 11.7. The molecule has 100 valence electrons. The van der Waals surface area contributed by atoms with Crippen molar-refractivity contribution in [1.82, 2.24) is 4.72 Å². The molecule has 0 amide bonds. The Kier molecular flexibility index (Phi) is 6.00. The van der Waals surface area contributed by atoms with Crippen molar-refractivity contribution in [2.45, 2.75) is 32.7 Å². The van der Waals surface area contributed by atoms with Crippen LogP contribution in [-0.2, 0) is 19.6 Å². The minimum absolute atomic E-state index is 0.0347. The van der Waals surface area contributed by atoms with Crippen LogP contribution in [0, 0.1) is 0 Å². The Bertz CT molecular complexity index is 394. The fraction of sp³-hybridized carbons (Fsp3) is 0.778. The predicted molar refractivity (Wildman–Crippen MR) is 69.0 cm³/mol. The molecule has 0 aliphatic rings. The summed E-state index contributed by atoms with van der Waals surface area (Å²) in [6, 6.07) is 0. The highest BCUT2D eigenvalue weighted by atomic mass is 32.2. The average molecular weight is 282 g/mol. The van der Waals surface area contributed by atoms with Crippen LogP contribution in [0.25, 0.3) is 0 Å². The summed E-state index contributed by atoms with van der Waals surface area (Å²) in [4.78, 5) is 11.1. The minimum atomic E-state index is -3.81. The molecule has 0 aliphatic carbocycles. The van der Waals surface area contributed by atoms with Gasteiger partial charge in [0.05, 0.1) is 17.1 Å². The van der Waals surface area contributed by atoms with Crippen LogP contribution in [0.5, 0.6) is 0 Å². The number of carbonyl (C=O) groups is 1. The summed E-state index contributed by atoms with van der Waals surface area (Å²) in [7, 11) is -3.81. The quantitative estimate of drug-likeness (QED) is 0.501. The number of sulfonamides is 1. The number of hydrogen-bond donors (Lipinski definition) is 2. The second-order valence-corrected chi connectivity index (χ2v) is 5.88. The molecule has 0 radical (unpaired) electrons. The first-order chi connectivity index (χ1) is 7.67. The molecule has 0 aromatic rings. The van der Waals surface area contributed by atoms with Gasteiger partial charge in [0.1, 0.15) is 0 Å². The Hall–Kier alpha value is -0.730. The summed E-state index contributed by atoms with van der Waals surface area (Å²) >= 11 is 4.80. The molecule has 1 unspecified atom stereocenters. The minimum Gasteiger partial charge on any atom is -0.465 e. The lowest BCUT2D eigenvalue weighted by molar-refractivity contribution is -0.139. The van der Waals surface area contributed by atoms with Crippen molar-refractivity contribution in [2.24, 2.45) is 5.73 Å². The lowest BCUT2D eigenvalue weighted by atomic mass is 10.0. The summed E-state index contributed by atoms with van der Waals surface area (Å²) in [6.45, 7) is 5.04. The van der Waals surface area contributed by atoms with Crippen LogP contribution in [0.4, 0.5) is 0 Å². The van der Waals surface area contributed by atoms with Crippen LogP contribution < -0.4 is 10.5 Å². The molecule has 0 aromatic carbocycles. The van der Waals surface area contributed by atoms with Gasteiger partial charge in [-0.15, -0.1) is 0 Å². The maximum Gasteiger partial charge on any atom is 0.322 e. The third-order valence-electron chi connectivity index (χ3n) is 2.24. The number of hydrogen-bond acceptors (Lipinski definition) is 5.